The Hall–Kier alpha value is -0.820. The topological polar surface area (TPSA) is 9.23 Å². The van der Waals surface area contributed by atoms with Gasteiger partial charge in [0, 0.05) is 14.2 Å². The van der Waals surface area contributed by atoms with Crippen LogP contribution < -0.4 is 0 Å². The SMILES string of the molecule is COC.C\C=C/C=C\C=C\C. The summed E-state index contributed by atoms with van der Waals surface area (Å²) in [7, 11) is 3.25. The van der Waals surface area contributed by atoms with Crippen molar-refractivity contribution in [2.24, 2.45) is 0 Å². The fourth-order valence-electron chi connectivity index (χ4n) is 0.351. The van der Waals surface area contributed by atoms with E-state index in [2.05, 4.69) is 4.74 Å². The van der Waals surface area contributed by atoms with E-state index in [1.165, 1.54) is 0 Å². The molecule has 0 fully saturated rings. The number of methoxy groups -OCH3 is 1. The van der Waals surface area contributed by atoms with E-state index in [0.29, 0.717) is 0 Å². The van der Waals surface area contributed by atoms with Crippen LogP contribution in [0.15, 0.2) is 36.5 Å². The molecule has 0 aromatic rings. The van der Waals surface area contributed by atoms with Gasteiger partial charge in [-0.1, -0.05) is 36.5 Å². The molecule has 0 aromatic carbocycles. The maximum atomic E-state index is 4.25. The lowest BCUT2D eigenvalue weighted by molar-refractivity contribution is 0.277. The molecule has 0 saturated carbocycles. The maximum absolute atomic E-state index is 4.25. The molecule has 0 radical (unpaired) electrons. The molecule has 0 heterocycles. The van der Waals surface area contributed by atoms with Crippen LogP contribution in [-0.2, 0) is 4.74 Å². The van der Waals surface area contributed by atoms with Crippen LogP contribution in [-0.4, -0.2) is 14.2 Å². The highest BCUT2D eigenvalue weighted by Crippen LogP contribution is 1.77. The molecule has 1 nitrogen and oxygen atoms in total. The zero-order valence-electron chi connectivity index (χ0n) is 7.87. The molecule has 0 aliphatic rings. The summed E-state index contributed by atoms with van der Waals surface area (Å²) in [6.45, 7) is 4.00. The minimum Gasteiger partial charge on any atom is -0.388 e. The minimum absolute atomic E-state index is 1.62. The fraction of sp³-hybridized carbons (Fsp3) is 0.400. The number of ether oxygens (including phenoxy) is 1. The van der Waals surface area contributed by atoms with Crippen molar-refractivity contribution in [2.45, 2.75) is 13.8 Å². The lowest BCUT2D eigenvalue weighted by atomic mass is 10.4. The Morgan fingerprint density at radius 2 is 1.00 bits per heavy atom. The van der Waals surface area contributed by atoms with Gasteiger partial charge in [-0.3, -0.25) is 0 Å². The molecular formula is C10H18O. The summed E-state index contributed by atoms with van der Waals surface area (Å²) in [5.41, 5.74) is 0. The van der Waals surface area contributed by atoms with Gasteiger partial charge in [-0.25, -0.2) is 0 Å². The first-order chi connectivity index (χ1) is 5.33. The second-order valence-electron chi connectivity index (χ2n) is 1.84. The highest BCUT2D eigenvalue weighted by Gasteiger charge is 1.55. The highest BCUT2D eigenvalue weighted by molar-refractivity contribution is 5.09. The predicted octanol–water partition coefficient (Wildman–Crippen LogP) is 2.96. The number of allylic oxidation sites excluding steroid dienone is 6. The van der Waals surface area contributed by atoms with E-state index in [9.17, 15) is 0 Å². The number of hydrogen-bond acceptors (Lipinski definition) is 1. The summed E-state index contributed by atoms with van der Waals surface area (Å²) in [5.74, 6) is 0. The predicted molar refractivity (Wildman–Crippen MR) is 51.7 cm³/mol. The van der Waals surface area contributed by atoms with Gasteiger partial charge in [0.2, 0.25) is 0 Å². The maximum Gasteiger partial charge on any atom is 0.0351 e. The molecule has 64 valence electrons. The van der Waals surface area contributed by atoms with E-state index in [1.807, 2.05) is 50.3 Å². The van der Waals surface area contributed by atoms with Crippen LogP contribution >= 0.6 is 0 Å². The average Bonchev–Trinajstić information content (AvgIpc) is 2.00. The molecule has 0 aliphatic carbocycles. The molecule has 0 unspecified atom stereocenters. The van der Waals surface area contributed by atoms with E-state index in [4.69, 9.17) is 0 Å². The van der Waals surface area contributed by atoms with Crippen LogP contribution in [0.5, 0.6) is 0 Å². The fourth-order valence-corrected chi connectivity index (χ4v) is 0.351. The third-order valence-corrected chi connectivity index (χ3v) is 0.718. The molecule has 0 amide bonds. The zero-order chi connectivity index (χ0) is 8.95. The molecule has 0 aliphatic heterocycles. The van der Waals surface area contributed by atoms with Gasteiger partial charge in [0.25, 0.3) is 0 Å². The monoisotopic (exact) mass is 154 g/mol. The van der Waals surface area contributed by atoms with E-state index in [0.717, 1.165) is 0 Å². The van der Waals surface area contributed by atoms with Crippen LogP contribution in [0.2, 0.25) is 0 Å². The number of rotatable bonds is 2. The Bertz CT molecular complexity index is 107. The molecule has 0 bridgehead atoms. The van der Waals surface area contributed by atoms with Crippen molar-refractivity contribution in [3.63, 3.8) is 0 Å². The lowest BCUT2D eigenvalue weighted by Crippen LogP contribution is -1.55. The van der Waals surface area contributed by atoms with Gasteiger partial charge >= 0.3 is 0 Å². The second-order valence-corrected chi connectivity index (χ2v) is 1.84. The van der Waals surface area contributed by atoms with Gasteiger partial charge in [0.05, 0.1) is 0 Å². The van der Waals surface area contributed by atoms with Crippen molar-refractivity contribution >= 4 is 0 Å². The minimum atomic E-state index is 1.62. The molecule has 0 atom stereocenters. The summed E-state index contributed by atoms with van der Waals surface area (Å²) in [6.07, 6.45) is 12.0. The van der Waals surface area contributed by atoms with Gasteiger partial charge in [0.1, 0.15) is 0 Å². The molecule has 0 aromatic heterocycles. The Kier molecular flexibility index (Phi) is 18.7. The normalized spacial score (nSPS) is 10.9. The Labute approximate surface area is 70.1 Å². The van der Waals surface area contributed by atoms with Crippen molar-refractivity contribution < 1.29 is 4.74 Å². The Balaban J connectivity index is 0. The van der Waals surface area contributed by atoms with Gasteiger partial charge in [-0.05, 0) is 13.8 Å². The van der Waals surface area contributed by atoms with Crippen LogP contribution in [0, 0.1) is 0 Å². The standard InChI is InChI=1S/C8H12.C2H6O/c1-3-5-7-8-6-4-2;1-3-2/h3-8H,1-2H3;1-2H3/b5-3-,6-4+,8-7-;. The zero-order valence-corrected chi connectivity index (χ0v) is 7.87. The molecule has 11 heavy (non-hydrogen) atoms. The van der Waals surface area contributed by atoms with Gasteiger partial charge < -0.3 is 4.74 Å². The van der Waals surface area contributed by atoms with E-state index in [-0.39, 0.29) is 0 Å². The van der Waals surface area contributed by atoms with E-state index in [1.54, 1.807) is 14.2 Å². The van der Waals surface area contributed by atoms with Crippen molar-refractivity contribution in [3.05, 3.63) is 36.5 Å². The second kappa shape index (κ2) is 16.1. The lowest BCUT2D eigenvalue weighted by Gasteiger charge is -1.68. The molecule has 0 rings (SSSR count). The van der Waals surface area contributed by atoms with Crippen molar-refractivity contribution in [3.8, 4) is 0 Å². The van der Waals surface area contributed by atoms with E-state index < -0.39 is 0 Å². The van der Waals surface area contributed by atoms with Crippen molar-refractivity contribution in [1.82, 2.24) is 0 Å². The summed E-state index contributed by atoms with van der Waals surface area (Å²) >= 11 is 0. The molecular weight excluding hydrogens is 136 g/mol. The number of hydrogen-bond donors (Lipinski definition) is 0. The van der Waals surface area contributed by atoms with Crippen LogP contribution in [0.4, 0.5) is 0 Å². The largest absolute Gasteiger partial charge is 0.388 e. The Morgan fingerprint density at radius 3 is 1.18 bits per heavy atom. The molecule has 1 heteroatoms. The molecule has 0 saturated heterocycles. The first-order valence-corrected chi connectivity index (χ1v) is 3.64. The highest BCUT2D eigenvalue weighted by atomic mass is 16.4. The van der Waals surface area contributed by atoms with Crippen molar-refractivity contribution in [2.75, 3.05) is 14.2 Å². The quantitative estimate of drug-likeness (QED) is 0.556. The smallest absolute Gasteiger partial charge is 0.0351 e. The van der Waals surface area contributed by atoms with Gasteiger partial charge in [-0.2, -0.15) is 0 Å². The summed E-state index contributed by atoms with van der Waals surface area (Å²) < 4.78 is 4.25. The summed E-state index contributed by atoms with van der Waals surface area (Å²) in [6, 6.07) is 0. The summed E-state index contributed by atoms with van der Waals surface area (Å²) in [4.78, 5) is 0. The Morgan fingerprint density at radius 1 is 0.727 bits per heavy atom. The van der Waals surface area contributed by atoms with Gasteiger partial charge in [-0.15, -0.1) is 0 Å². The van der Waals surface area contributed by atoms with Gasteiger partial charge in [0.15, 0.2) is 0 Å². The first kappa shape index (κ1) is 12.8. The van der Waals surface area contributed by atoms with Crippen molar-refractivity contribution in [1.29, 1.82) is 0 Å². The summed E-state index contributed by atoms with van der Waals surface area (Å²) in [5, 5.41) is 0. The third-order valence-electron chi connectivity index (χ3n) is 0.718. The van der Waals surface area contributed by atoms with E-state index >= 15 is 0 Å². The molecule has 0 N–H and O–H groups in total. The first-order valence-electron chi connectivity index (χ1n) is 3.64. The molecule has 0 spiro atoms. The van der Waals surface area contributed by atoms with Crippen LogP contribution in [0.25, 0.3) is 0 Å². The van der Waals surface area contributed by atoms with Crippen LogP contribution in [0.3, 0.4) is 0 Å². The third kappa shape index (κ3) is 27.1. The van der Waals surface area contributed by atoms with Crippen LogP contribution in [0.1, 0.15) is 13.8 Å². The average molecular weight is 154 g/mol.